The zero-order valence-electron chi connectivity index (χ0n) is 14.9. The van der Waals surface area contributed by atoms with Crippen LogP contribution in [0.4, 0.5) is 0 Å². The van der Waals surface area contributed by atoms with E-state index in [9.17, 15) is 0 Å². The number of rotatable bonds is 11. The Labute approximate surface area is 150 Å². The average molecular weight is 344 g/mol. The van der Waals surface area contributed by atoms with Crippen LogP contribution in [0.1, 0.15) is 43.2 Å². The summed E-state index contributed by atoms with van der Waals surface area (Å²) in [6.07, 6.45) is 3.41. The van der Waals surface area contributed by atoms with Gasteiger partial charge in [0.2, 0.25) is 0 Å². The van der Waals surface area contributed by atoms with Gasteiger partial charge in [-0.2, -0.15) is 0 Å². The smallest absolute Gasteiger partial charge is 0.119 e. The van der Waals surface area contributed by atoms with Gasteiger partial charge in [-0.05, 0) is 41.8 Å². The third kappa shape index (κ3) is 6.07. The molecule has 2 aromatic carbocycles. The fraction of sp³-hybridized carbons (Fsp3) is 0.429. The van der Waals surface area contributed by atoms with E-state index >= 15 is 0 Å². The van der Waals surface area contributed by atoms with Crippen LogP contribution in [-0.2, 0) is 0 Å². The highest BCUT2D eigenvalue weighted by molar-refractivity contribution is 5.38. The van der Waals surface area contributed by atoms with Crippen molar-refractivity contribution in [3.63, 3.8) is 0 Å². The maximum Gasteiger partial charge on any atom is 0.119 e. The van der Waals surface area contributed by atoms with E-state index in [4.69, 9.17) is 19.7 Å². The minimum absolute atomic E-state index is 0.0194. The van der Waals surface area contributed by atoms with Gasteiger partial charge in [-0.15, -0.1) is 0 Å². The van der Waals surface area contributed by atoms with Crippen LogP contribution in [0.15, 0.2) is 48.5 Å². The maximum atomic E-state index is 8.84. The van der Waals surface area contributed by atoms with Crippen molar-refractivity contribution in [1.82, 2.24) is 0 Å². The molecule has 4 heteroatoms. The Morgan fingerprint density at radius 1 is 0.760 bits per heavy atom. The molecule has 0 saturated heterocycles. The summed E-state index contributed by atoms with van der Waals surface area (Å²) in [5.74, 6) is 1.89. The van der Waals surface area contributed by atoms with Gasteiger partial charge in [0.05, 0.1) is 13.2 Å². The fourth-order valence-corrected chi connectivity index (χ4v) is 2.85. The molecule has 0 unspecified atom stereocenters. The summed E-state index contributed by atoms with van der Waals surface area (Å²) in [7, 11) is 0. The molecular weight excluding hydrogens is 316 g/mol. The molecule has 0 aliphatic carbocycles. The van der Waals surface area contributed by atoms with Crippen LogP contribution in [0.25, 0.3) is 0 Å². The molecule has 0 bridgehead atoms. The zero-order chi connectivity index (χ0) is 17.9. The van der Waals surface area contributed by atoms with E-state index < -0.39 is 0 Å². The lowest BCUT2D eigenvalue weighted by Gasteiger charge is -2.19. The average Bonchev–Trinajstić information content (AvgIpc) is 2.67. The molecule has 0 aliphatic rings. The molecule has 0 heterocycles. The molecular formula is C21H28O4. The predicted molar refractivity (Wildman–Crippen MR) is 99.4 cm³/mol. The van der Waals surface area contributed by atoms with E-state index in [1.54, 1.807) is 0 Å². The third-order valence-corrected chi connectivity index (χ3v) is 4.13. The van der Waals surface area contributed by atoms with Gasteiger partial charge in [0.15, 0.2) is 0 Å². The lowest BCUT2D eigenvalue weighted by molar-refractivity contribution is 0.201. The Balaban J connectivity index is 2.14. The first-order chi connectivity index (χ1) is 12.3. The molecule has 0 atom stereocenters. The Bertz CT molecular complexity index is 541. The summed E-state index contributed by atoms with van der Waals surface area (Å²) in [6.45, 7) is 2.87. The molecule has 2 aromatic rings. The normalized spacial score (nSPS) is 10.9. The molecule has 0 spiro atoms. The molecule has 0 aromatic heterocycles. The number of hydrogen-bond acceptors (Lipinski definition) is 4. The quantitative estimate of drug-likeness (QED) is 0.652. The Morgan fingerprint density at radius 2 is 1.20 bits per heavy atom. The first-order valence-electron chi connectivity index (χ1n) is 8.95. The summed E-state index contributed by atoms with van der Waals surface area (Å²) in [4.78, 5) is 0. The summed E-state index contributed by atoms with van der Waals surface area (Å²) in [5.41, 5.74) is 2.52. The second-order valence-corrected chi connectivity index (χ2v) is 5.98. The summed E-state index contributed by atoms with van der Waals surface area (Å²) >= 11 is 0. The van der Waals surface area contributed by atoms with Crippen molar-refractivity contribution in [2.75, 3.05) is 26.4 Å². The highest BCUT2D eigenvalue weighted by atomic mass is 16.5. The number of aliphatic hydroxyl groups excluding tert-OH is 2. The number of ether oxygens (including phenoxy) is 2. The van der Waals surface area contributed by atoms with Gasteiger partial charge < -0.3 is 19.7 Å². The number of benzene rings is 2. The molecule has 4 nitrogen and oxygen atoms in total. The van der Waals surface area contributed by atoms with Gasteiger partial charge in [-0.3, -0.25) is 0 Å². The van der Waals surface area contributed by atoms with Crippen LogP contribution in [0.5, 0.6) is 11.5 Å². The standard InChI is InChI=1S/C21H28O4/c1-2-3-4-21(17-5-9-19(10-6-17)24-15-13-22)18-7-11-20(12-8-18)25-16-14-23/h5-12,21-23H,2-4,13-16H2,1H3. The third-order valence-electron chi connectivity index (χ3n) is 4.13. The predicted octanol–water partition coefficient (Wildman–Crippen LogP) is 3.75. The molecule has 0 amide bonds. The van der Waals surface area contributed by atoms with Crippen molar-refractivity contribution in [2.24, 2.45) is 0 Å². The largest absolute Gasteiger partial charge is 0.491 e. The van der Waals surface area contributed by atoms with Crippen molar-refractivity contribution >= 4 is 0 Å². The highest BCUT2D eigenvalue weighted by Gasteiger charge is 2.14. The van der Waals surface area contributed by atoms with E-state index in [-0.39, 0.29) is 13.2 Å². The van der Waals surface area contributed by atoms with Gasteiger partial charge in [-0.25, -0.2) is 0 Å². The second-order valence-electron chi connectivity index (χ2n) is 5.98. The van der Waals surface area contributed by atoms with Gasteiger partial charge >= 0.3 is 0 Å². The van der Waals surface area contributed by atoms with E-state index in [2.05, 4.69) is 31.2 Å². The fourth-order valence-electron chi connectivity index (χ4n) is 2.85. The summed E-state index contributed by atoms with van der Waals surface area (Å²) in [6, 6.07) is 16.2. The first kappa shape index (κ1) is 19.3. The molecule has 0 fully saturated rings. The molecule has 25 heavy (non-hydrogen) atoms. The van der Waals surface area contributed by atoms with Crippen molar-refractivity contribution in [1.29, 1.82) is 0 Å². The maximum absolute atomic E-state index is 8.84. The Kier molecular flexibility index (Phi) is 8.29. The molecule has 0 radical (unpaired) electrons. The second kappa shape index (κ2) is 10.7. The van der Waals surface area contributed by atoms with Crippen LogP contribution in [0.2, 0.25) is 0 Å². The number of aliphatic hydroxyl groups is 2. The molecule has 136 valence electrons. The molecule has 2 rings (SSSR count). The van der Waals surface area contributed by atoms with Crippen LogP contribution < -0.4 is 9.47 Å². The van der Waals surface area contributed by atoms with Crippen LogP contribution in [0.3, 0.4) is 0 Å². The van der Waals surface area contributed by atoms with Gasteiger partial charge in [0, 0.05) is 5.92 Å². The highest BCUT2D eigenvalue weighted by Crippen LogP contribution is 2.32. The number of unbranched alkanes of at least 4 members (excludes halogenated alkanes) is 1. The van der Waals surface area contributed by atoms with Crippen molar-refractivity contribution in [2.45, 2.75) is 32.1 Å². The minimum atomic E-state index is 0.0194. The zero-order valence-corrected chi connectivity index (χ0v) is 14.9. The van der Waals surface area contributed by atoms with E-state index in [1.165, 1.54) is 11.1 Å². The van der Waals surface area contributed by atoms with E-state index in [0.717, 1.165) is 30.8 Å². The topological polar surface area (TPSA) is 58.9 Å². The van der Waals surface area contributed by atoms with Crippen molar-refractivity contribution < 1.29 is 19.7 Å². The summed E-state index contributed by atoms with van der Waals surface area (Å²) in [5, 5.41) is 17.7. The van der Waals surface area contributed by atoms with E-state index in [0.29, 0.717) is 19.1 Å². The van der Waals surface area contributed by atoms with Crippen molar-refractivity contribution in [3.05, 3.63) is 59.7 Å². The van der Waals surface area contributed by atoms with E-state index in [1.807, 2.05) is 24.3 Å². The molecule has 0 saturated carbocycles. The van der Waals surface area contributed by atoms with Gasteiger partial charge in [0.1, 0.15) is 24.7 Å². The van der Waals surface area contributed by atoms with Gasteiger partial charge in [0.25, 0.3) is 0 Å². The monoisotopic (exact) mass is 344 g/mol. The lowest BCUT2D eigenvalue weighted by Crippen LogP contribution is -2.04. The van der Waals surface area contributed by atoms with Crippen LogP contribution in [0, 0.1) is 0 Å². The molecule has 2 N–H and O–H groups in total. The minimum Gasteiger partial charge on any atom is -0.491 e. The SMILES string of the molecule is CCCCC(c1ccc(OCCO)cc1)c1ccc(OCCO)cc1. The van der Waals surface area contributed by atoms with Gasteiger partial charge in [-0.1, -0.05) is 44.0 Å². The Morgan fingerprint density at radius 3 is 1.56 bits per heavy atom. The first-order valence-corrected chi connectivity index (χ1v) is 8.95. The summed E-state index contributed by atoms with van der Waals surface area (Å²) < 4.78 is 10.9. The molecule has 0 aliphatic heterocycles. The lowest BCUT2D eigenvalue weighted by atomic mass is 9.87. The van der Waals surface area contributed by atoms with Crippen LogP contribution in [-0.4, -0.2) is 36.6 Å². The van der Waals surface area contributed by atoms with Crippen LogP contribution >= 0.6 is 0 Å². The Hall–Kier alpha value is -2.04. The number of hydrogen-bond donors (Lipinski definition) is 2. The van der Waals surface area contributed by atoms with Crippen molar-refractivity contribution in [3.8, 4) is 11.5 Å².